The van der Waals surface area contributed by atoms with Gasteiger partial charge in [0.25, 0.3) is 0 Å². The molecule has 0 fully saturated rings. The molecule has 0 aliphatic rings. The molecule has 2 unspecified atom stereocenters. The molecule has 3 N–H and O–H groups in total. The highest BCUT2D eigenvalue weighted by Gasteiger charge is 2.23. The molecule has 0 rings (SSSR count). The van der Waals surface area contributed by atoms with Crippen LogP contribution in [0.2, 0.25) is 0 Å². The first-order valence-electron chi connectivity index (χ1n) is 19.4. The molecule has 10 heteroatoms. The van der Waals surface area contributed by atoms with Crippen LogP contribution in [0.3, 0.4) is 0 Å². The van der Waals surface area contributed by atoms with Gasteiger partial charge in [-0.2, -0.15) is 0 Å². The van der Waals surface area contributed by atoms with Crippen LogP contribution >= 0.6 is 7.82 Å². The number of carbonyl (C=O) groups is 2. The lowest BCUT2D eigenvalue weighted by atomic mass is 10.1. The molecule has 0 radical (unpaired) electrons. The minimum atomic E-state index is -4.43. The second-order valence-electron chi connectivity index (χ2n) is 12.5. The molecular formula is C41H70NO8P. The van der Waals surface area contributed by atoms with E-state index in [1.807, 2.05) is 0 Å². The van der Waals surface area contributed by atoms with Gasteiger partial charge in [0, 0.05) is 19.4 Å². The molecule has 0 aromatic heterocycles. The maximum atomic E-state index is 12.0. The Bertz CT molecular complexity index is 1070. The lowest BCUT2D eigenvalue weighted by molar-refractivity contribution is -0.147. The molecule has 1 amide bonds. The van der Waals surface area contributed by atoms with E-state index in [9.17, 15) is 24.2 Å². The largest absolute Gasteiger partial charge is 0.472 e. The summed E-state index contributed by atoms with van der Waals surface area (Å²) in [4.78, 5) is 33.7. The summed E-state index contributed by atoms with van der Waals surface area (Å²) in [6.45, 7) is 3.31. The molecule has 292 valence electrons. The Morgan fingerprint density at radius 1 is 0.627 bits per heavy atom. The molecule has 0 aromatic carbocycles. The van der Waals surface area contributed by atoms with Gasteiger partial charge >= 0.3 is 13.8 Å². The normalized spacial score (nSPS) is 14.2. The number of aliphatic hydroxyl groups is 1. The van der Waals surface area contributed by atoms with Gasteiger partial charge < -0.3 is 20.1 Å². The SMILES string of the molecule is CC/C=C\C/C=C\C/C=C\C/C=C\C/C=C\CCCCCC(=O)NCCOP(=O)(O)OCC(O)COC(=O)CCCCCCC/C=C\CCCC. The van der Waals surface area contributed by atoms with Gasteiger partial charge in [0.15, 0.2) is 0 Å². The van der Waals surface area contributed by atoms with Crippen molar-refractivity contribution in [2.24, 2.45) is 0 Å². The van der Waals surface area contributed by atoms with Gasteiger partial charge in [-0.3, -0.25) is 18.6 Å². The molecule has 0 aliphatic heterocycles. The van der Waals surface area contributed by atoms with Crippen molar-refractivity contribution in [3.05, 3.63) is 72.9 Å². The van der Waals surface area contributed by atoms with E-state index in [1.54, 1.807) is 0 Å². The minimum absolute atomic E-state index is 0.0586. The van der Waals surface area contributed by atoms with E-state index in [0.717, 1.165) is 103 Å². The fourth-order valence-corrected chi connectivity index (χ4v) is 5.44. The summed E-state index contributed by atoms with van der Waals surface area (Å²) in [6, 6.07) is 0. The number of phosphoric acid groups is 1. The molecular weight excluding hydrogens is 665 g/mol. The van der Waals surface area contributed by atoms with E-state index in [1.165, 1.54) is 12.8 Å². The number of hydrogen-bond acceptors (Lipinski definition) is 7. The zero-order valence-corrected chi connectivity index (χ0v) is 32.7. The number of carbonyl (C=O) groups excluding carboxylic acids is 2. The topological polar surface area (TPSA) is 131 Å². The summed E-state index contributed by atoms with van der Waals surface area (Å²) in [5.41, 5.74) is 0. The van der Waals surface area contributed by atoms with Gasteiger partial charge in [0.05, 0.1) is 13.2 Å². The lowest BCUT2D eigenvalue weighted by Gasteiger charge is -2.15. The molecule has 0 heterocycles. The zero-order chi connectivity index (χ0) is 37.5. The van der Waals surface area contributed by atoms with Crippen molar-refractivity contribution in [2.45, 2.75) is 148 Å². The average molecular weight is 736 g/mol. The van der Waals surface area contributed by atoms with Crippen molar-refractivity contribution in [1.29, 1.82) is 0 Å². The van der Waals surface area contributed by atoms with Crippen LogP contribution in [-0.4, -0.2) is 54.3 Å². The Hall–Kier alpha value is -2.55. The Balaban J connectivity index is 3.71. The highest BCUT2D eigenvalue weighted by Crippen LogP contribution is 2.42. The number of allylic oxidation sites excluding steroid dienone is 12. The molecule has 51 heavy (non-hydrogen) atoms. The highest BCUT2D eigenvalue weighted by atomic mass is 31.2. The van der Waals surface area contributed by atoms with E-state index in [2.05, 4.69) is 92.1 Å². The summed E-state index contributed by atoms with van der Waals surface area (Å²) >= 11 is 0. The van der Waals surface area contributed by atoms with Crippen molar-refractivity contribution in [3.8, 4) is 0 Å². The quantitative estimate of drug-likeness (QED) is 0.0254. The summed E-state index contributed by atoms with van der Waals surface area (Å²) in [5.74, 6) is -0.567. The minimum Gasteiger partial charge on any atom is -0.463 e. The standard InChI is InChI=1S/C41H70NO8P/c1-3-5-7-9-11-13-15-16-17-18-19-20-21-22-24-25-27-29-31-33-40(44)42-35-36-49-51(46,47)50-38-39(43)37-48-41(45)34-32-30-28-26-23-14-12-10-8-6-4-2/h5,7,10-13,16-17,19-20,22,24,39,43H,3-4,6,8-9,14-15,18,21,23,25-38H2,1-2H3,(H,42,44)(H,46,47)/b7-5-,12-10-,13-11-,17-16-,20-19-,24-22-. The number of phosphoric ester groups is 1. The Kier molecular flexibility index (Phi) is 35.4. The molecule has 0 aliphatic carbocycles. The van der Waals surface area contributed by atoms with Crippen molar-refractivity contribution in [1.82, 2.24) is 5.32 Å². The summed E-state index contributed by atoms with van der Waals surface area (Å²) in [6.07, 6.45) is 44.1. The van der Waals surface area contributed by atoms with Gasteiger partial charge in [0.2, 0.25) is 5.91 Å². The highest BCUT2D eigenvalue weighted by molar-refractivity contribution is 7.47. The molecule has 9 nitrogen and oxygen atoms in total. The van der Waals surface area contributed by atoms with Gasteiger partial charge in [-0.1, -0.05) is 125 Å². The smallest absolute Gasteiger partial charge is 0.463 e. The molecule has 0 aromatic rings. The number of nitrogens with one attached hydrogen (secondary N) is 1. The third kappa shape index (κ3) is 38.5. The monoisotopic (exact) mass is 735 g/mol. The van der Waals surface area contributed by atoms with Gasteiger partial charge in [-0.05, 0) is 77.0 Å². The van der Waals surface area contributed by atoms with Crippen LogP contribution in [0.4, 0.5) is 0 Å². The molecule has 0 bridgehead atoms. The number of esters is 1. The Morgan fingerprint density at radius 3 is 1.73 bits per heavy atom. The molecule has 0 spiro atoms. The van der Waals surface area contributed by atoms with Gasteiger partial charge in [0.1, 0.15) is 12.7 Å². The number of amides is 1. The van der Waals surface area contributed by atoms with Crippen molar-refractivity contribution < 1.29 is 37.9 Å². The first-order valence-corrected chi connectivity index (χ1v) is 20.9. The first kappa shape index (κ1) is 48.5. The number of ether oxygens (including phenoxy) is 1. The van der Waals surface area contributed by atoms with Crippen molar-refractivity contribution in [3.63, 3.8) is 0 Å². The Morgan fingerprint density at radius 2 is 1.12 bits per heavy atom. The van der Waals surface area contributed by atoms with E-state index in [0.29, 0.717) is 6.42 Å². The predicted octanol–water partition coefficient (Wildman–Crippen LogP) is 10.3. The lowest BCUT2D eigenvalue weighted by Crippen LogP contribution is -2.27. The molecule has 0 saturated carbocycles. The van der Waals surface area contributed by atoms with Gasteiger partial charge in [-0.15, -0.1) is 0 Å². The second-order valence-corrected chi connectivity index (χ2v) is 14.0. The van der Waals surface area contributed by atoms with Crippen LogP contribution in [0.1, 0.15) is 142 Å². The number of unbranched alkanes of at least 4 members (excludes halogenated alkanes) is 10. The summed E-state index contributed by atoms with van der Waals surface area (Å²) in [5, 5.41) is 12.6. The van der Waals surface area contributed by atoms with E-state index < -0.39 is 26.5 Å². The fourth-order valence-electron chi connectivity index (χ4n) is 4.68. The third-order valence-corrected chi connectivity index (χ3v) is 8.60. The number of rotatable bonds is 35. The van der Waals surface area contributed by atoms with E-state index >= 15 is 0 Å². The van der Waals surface area contributed by atoms with Crippen molar-refractivity contribution in [2.75, 3.05) is 26.4 Å². The average Bonchev–Trinajstić information content (AvgIpc) is 3.11. The van der Waals surface area contributed by atoms with Crippen molar-refractivity contribution >= 4 is 19.7 Å². The summed E-state index contributed by atoms with van der Waals surface area (Å²) < 4.78 is 26.7. The van der Waals surface area contributed by atoms with E-state index in [-0.39, 0.29) is 32.1 Å². The second kappa shape index (κ2) is 37.2. The zero-order valence-electron chi connectivity index (χ0n) is 31.8. The fraction of sp³-hybridized carbons (Fsp3) is 0.659. The van der Waals surface area contributed by atoms with Crippen LogP contribution in [0.25, 0.3) is 0 Å². The first-order chi connectivity index (χ1) is 24.8. The van der Waals surface area contributed by atoms with Gasteiger partial charge in [-0.25, -0.2) is 4.57 Å². The molecule has 2 atom stereocenters. The van der Waals surface area contributed by atoms with E-state index in [4.69, 9.17) is 13.8 Å². The van der Waals surface area contributed by atoms with Crippen LogP contribution < -0.4 is 5.32 Å². The number of aliphatic hydroxyl groups excluding tert-OH is 1. The summed E-state index contributed by atoms with van der Waals surface area (Å²) in [7, 11) is -4.43. The molecule has 0 saturated heterocycles. The van der Waals surface area contributed by atoms with Crippen LogP contribution in [0, 0.1) is 0 Å². The van der Waals surface area contributed by atoms with Crippen LogP contribution in [0.15, 0.2) is 72.9 Å². The van der Waals surface area contributed by atoms with Crippen LogP contribution in [0.5, 0.6) is 0 Å². The maximum Gasteiger partial charge on any atom is 0.472 e. The maximum absolute atomic E-state index is 12.0. The Labute approximate surface area is 310 Å². The predicted molar refractivity (Wildman–Crippen MR) is 210 cm³/mol. The number of hydrogen-bond donors (Lipinski definition) is 3. The third-order valence-electron chi connectivity index (χ3n) is 7.62. The van der Waals surface area contributed by atoms with Crippen LogP contribution in [-0.2, 0) is 27.9 Å².